The SMILES string of the molecule is CCN(CC)c1ccc(CNC(=O)NC2CCCC2(C)CO)cn1. The molecule has 2 atom stereocenters. The van der Waals surface area contributed by atoms with Crippen LogP contribution in [0.25, 0.3) is 0 Å². The van der Waals surface area contributed by atoms with Crippen molar-refractivity contribution in [1.29, 1.82) is 0 Å². The lowest BCUT2D eigenvalue weighted by atomic mass is 9.86. The van der Waals surface area contributed by atoms with E-state index in [4.69, 9.17) is 0 Å². The Morgan fingerprint density at radius 1 is 1.42 bits per heavy atom. The Morgan fingerprint density at radius 3 is 2.75 bits per heavy atom. The minimum Gasteiger partial charge on any atom is -0.396 e. The predicted octanol–water partition coefficient (Wildman–Crippen LogP) is 2.28. The lowest BCUT2D eigenvalue weighted by molar-refractivity contribution is 0.121. The molecule has 2 rings (SSSR count). The normalized spacial score (nSPS) is 23.1. The highest BCUT2D eigenvalue weighted by Crippen LogP contribution is 2.37. The van der Waals surface area contributed by atoms with E-state index in [-0.39, 0.29) is 24.1 Å². The van der Waals surface area contributed by atoms with Gasteiger partial charge in [-0.25, -0.2) is 9.78 Å². The van der Waals surface area contributed by atoms with Gasteiger partial charge in [-0.05, 0) is 38.3 Å². The fourth-order valence-electron chi connectivity index (χ4n) is 3.32. The molecule has 1 fully saturated rings. The van der Waals surface area contributed by atoms with E-state index in [1.54, 1.807) is 6.20 Å². The first-order valence-electron chi connectivity index (χ1n) is 8.87. The van der Waals surface area contributed by atoms with Crippen LogP contribution < -0.4 is 15.5 Å². The van der Waals surface area contributed by atoms with Crippen LogP contribution in [0.4, 0.5) is 10.6 Å². The second kappa shape index (κ2) is 8.33. The van der Waals surface area contributed by atoms with E-state index in [9.17, 15) is 9.90 Å². The average molecular weight is 334 g/mol. The van der Waals surface area contributed by atoms with Crippen LogP contribution in [0.3, 0.4) is 0 Å². The van der Waals surface area contributed by atoms with Gasteiger partial charge in [-0.2, -0.15) is 0 Å². The summed E-state index contributed by atoms with van der Waals surface area (Å²) < 4.78 is 0. The molecule has 6 heteroatoms. The molecule has 2 amide bonds. The molecule has 0 saturated heterocycles. The summed E-state index contributed by atoms with van der Waals surface area (Å²) in [5.41, 5.74) is 0.766. The lowest BCUT2D eigenvalue weighted by Crippen LogP contribution is -2.48. The Bertz CT molecular complexity index is 530. The number of pyridine rings is 1. The van der Waals surface area contributed by atoms with Gasteiger partial charge in [0.2, 0.25) is 0 Å². The zero-order valence-electron chi connectivity index (χ0n) is 15.0. The summed E-state index contributed by atoms with van der Waals surface area (Å²) >= 11 is 0. The van der Waals surface area contributed by atoms with Crippen LogP contribution in [0, 0.1) is 5.41 Å². The van der Waals surface area contributed by atoms with Crippen LogP contribution in [-0.4, -0.2) is 41.9 Å². The summed E-state index contributed by atoms with van der Waals surface area (Å²) in [4.78, 5) is 18.8. The Labute approximate surface area is 144 Å². The molecule has 6 nitrogen and oxygen atoms in total. The van der Waals surface area contributed by atoms with Crippen LogP contribution in [-0.2, 0) is 6.54 Å². The second-order valence-corrected chi connectivity index (χ2v) is 6.78. The van der Waals surface area contributed by atoms with Gasteiger partial charge >= 0.3 is 6.03 Å². The summed E-state index contributed by atoms with van der Waals surface area (Å²) in [6, 6.07) is 3.83. The van der Waals surface area contributed by atoms with Crippen LogP contribution in [0.5, 0.6) is 0 Å². The number of aromatic nitrogens is 1. The topological polar surface area (TPSA) is 77.5 Å². The minimum absolute atomic E-state index is 0.0330. The van der Waals surface area contributed by atoms with E-state index in [2.05, 4.69) is 34.4 Å². The summed E-state index contributed by atoms with van der Waals surface area (Å²) in [7, 11) is 0. The van der Waals surface area contributed by atoms with Crippen molar-refractivity contribution in [3.05, 3.63) is 23.9 Å². The molecular weight excluding hydrogens is 304 g/mol. The number of carbonyl (C=O) groups is 1. The lowest BCUT2D eigenvalue weighted by Gasteiger charge is -2.30. The average Bonchev–Trinajstić information content (AvgIpc) is 2.96. The highest BCUT2D eigenvalue weighted by Gasteiger charge is 2.39. The highest BCUT2D eigenvalue weighted by molar-refractivity contribution is 5.74. The number of aliphatic hydroxyl groups excluding tert-OH is 1. The molecule has 1 aliphatic carbocycles. The molecule has 134 valence electrons. The zero-order chi connectivity index (χ0) is 17.6. The van der Waals surface area contributed by atoms with Crippen molar-refractivity contribution in [2.75, 3.05) is 24.6 Å². The zero-order valence-corrected chi connectivity index (χ0v) is 15.0. The molecule has 1 aliphatic rings. The number of anilines is 1. The van der Waals surface area contributed by atoms with Gasteiger partial charge in [-0.3, -0.25) is 0 Å². The highest BCUT2D eigenvalue weighted by atomic mass is 16.3. The number of nitrogens with one attached hydrogen (secondary N) is 2. The van der Waals surface area contributed by atoms with E-state index in [0.717, 1.165) is 43.7 Å². The Hall–Kier alpha value is -1.82. The van der Waals surface area contributed by atoms with Crippen LogP contribution in [0.1, 0.15) is 45.6 Å². The predicted molar refractivity (Wildman–Crippen MR) is 96.0 cm³/mol. The maximum Gasteiger partial charge on any atom is 0.315 e. The fraction of sp³-hybridized carbons (Fsp3) is 0.667. The first-order valence-corrected chi connectivity index (χ1v) is 8.87. The molecule has 1 aromatic rings. The van der Waals surface area contributed by atoms with Gasteiger partial charge in [-0.1, -0.05) is 19.4 Å². The Morgan fingerprint density at radius 2 is 2.17 bits per heavy atom. The van der Waals surface area contributed by atoms with Crippen LogP contribution in [0.2, 0.25) is 0 Å². The number of aliphatic hydroxyl groups is 1. The van der Waals surface area contributed by atoms with Crippen molar-refractivity contribution in [1.82, 2.24) is 15.6 Å². The fourth-order valence-corrected chi connectivity index (χ4v) is 3.32. The van der Waals surface area contributed by atoms with Crippen LogP contribution >= 0.6 is 0 Å². The van der Waals surface area contributed by atoms with Gasteiger partial charge in [-0.15, -0.1) is 0 Å². The third kappa shape index (κ3) is 4.38. The molecule has 0 aliphatic heterocycles. The molecule has 0 bridgehead atoms. The first-order chi connectivity index (χ1) is 11.5. The van der Waals surface area contributed by atoms with Crippen molar-refractivity contribution < 1.29 is 9.90 Å². The van der Waals surface area contributed by atoms with Gasteiger partial charge in [0, 0.05) is 37.3 Å². The second-order valence-electron chi connectivity index (χ2n) is 6.78. The van der Waals surface area contributed by atoms with Gasteiger partial charge in [0.05, 0.1) is 6.61 Å². The maximum atomic E-state index is 12.1. The third-order valence-electron chi connectivity index (χ3n) is 5.10. The molecule has 1 heterocycles. The summed E-state index contributed by atoms with van der Waals surface area (Å²) in [5.74, 6) is 0.956. The number of nitrogens with zero attached hydrogens (tertiary/aromatic N) is 2. The quantitative estimate of drug-likeness (QED) is 0.715. The van der Waals surface area contributed by atoms with Gasteiger partial charge in [0.15, 0.2) is 0 Å². The molecule has 2 unspecified atom stereocenters. The largest absolute Gasteiger partial charge is 0.396 e. The maximum absolute atomic E-state index is 12.1. The van der Waals surface area contributed by atoms with Crippen LogP contribution in [0.15, 0.2) is 18.3 Å². The van der Waals surface area contributed by atoms with E-state index in [1.165, 1.54) is 0 Å². The molecule has 0 aromatic carbocycles. The Kier molecular flexibility index (Phi) is 6.43. The molecule has 1 saturated carbocycles. The van der Waals surface area contributed by atoms with E-state index in [1.807, 2.05) is 19.1 Å². The number of hydrogen-bond acceptors (Lipinski definition) is 4. The summed E-state index contributed by atoms with van der Waals surface area (Å²) in [6.07, 6.45) is 4.72. The van der Waals surface area contributed by atoms with Gasteiger partial charge in [0.1, 0.15) is 5.82 Å². The number of urea groups is 1. The number of amides is 2. The molecule has 0 spiro atoms. The molecule has 1 aromatic heterocycles. The van der Waals surface area contributed by atoms with Crippen molar-refractivity contribution in [3.8, 4) is 0 Å². The summed E-state index contributed by atoms with van der Waals surface area (Å²) in [5, 5.41) is 15.4. The molecule has 3 N–H and O–H groups in total. The van der Waals surface area contributed by atoms with Crippen molar-refractivity contribution >= 4 is 11.8 Å². The monoisotopic (exact) mass is 334 g/mol. The molecular formula is C18H30N4O2. The summed E-state index contributed by atoms with van der Waals surface area (Å²) in [6.45, 7) is 8.64. The smallest absolute Gasteiger partial charge is 0.315 e. The van der Waals surface area contributed by atoms with E-state index < -0.39 is 0 Å². The van der Waals surface area contributed by atoms with E-state index >= 15 is 0 Å². The number of hydrogen-bond donors (Lipinski definition) is 3. The Balaban J connectivity index is 1.83. The van der Waals surface area contributed by atoms with Gasteiger partial charge < -0.3 is 20.6 Å². The third-order valence-corrected chi connectivity index (χ3v) is 5.10. The minimum atomic E-state index is -0.204. The first kappa shape index (κ1) is 18.5. The van der Waals surface area contributed by atoms with Gasteiger partial charge in [0.25, 0.3) is 0 Å². The van der Waals surface area contributed by atoms with Crippen molar-refractivity contribution in [3.63, 3.8) is 0 Å². The molecule has 0 radical (unpaired) electrons. The van der Waals surface area contributed by atoms with Crippen molar-refractivity contribution in [2.45, 2.75) is 52.6 Å². The number of carbonyl (C=O) groups excluding carboxylic acids is 1. The molecule has 24 heavy (non-hydrogen) atoms. The number of rotatable bonds is 7. The standard InChI is InChI=1S/C18H30N4O2/c1-4-22(5-2)16-9-8-14(11-19-16)12-20-17(24)21-15-7-6-10-18(15,3)13-23/h8-9,11,15,23H,4-7,10,12-13H2,1-3H3,(H2,20,21,24). The van der Waals surface area contributed by atoms with Crippen molar-refractivity contribution in [2.24, 2.45) is 5.41 Å². The van der Waals surface area contributed by atoms with E-state index in [0.29, 0.717) is 6.54 Å².